The van der Waals surface area contributed by atoms with Crippen molar-refractivity contribution in [3.63, 3.8) is 0 Å². The van der Waals surface area contributed by atoms with E-state index in [4.69, 9.17) is 14.2 Å². The summed E-state index contributed by atoms with van der Waals surface area (Å²) in [5.74, 6) is -0.883. The van der Waals surface area contributed by atoms with Crippen LogP contribution in [0.25, 0.3) is 0 Å². The van der Waals surface area contributed by atoms with Gasteiger partial charge in [-0.25, -0.2) is 0 Å². The molecule has 0 saturated carbocycles. The number of carbonyl (C=O) groups excluding carboxylic acids is 3. The number of ether oxygens (including phenoxy) is 3. The Hall–Kier alpha value is -2.63. The van der Waals surface area contributed by atoms with Gasteiger partial charge in [0.1, 0.15) is 13.2 Å². The number of hydrogen-bond donors (Lipinski definition) is 0. The Labute approximate surface area is 416 Å². The third-order valence-corrected chi connectivity index (χ3v) is 12.8. The van der Waals surface area contributed by atoms with Gasteiger partial charge in [0.15, 0.2) is 6.10 Å². The molecule has 0 aromatic rings. The van der Waals surface area contributed by atoms with Crippen molar-refractivity contribution in [1.82, 2.24) is 0 Å². The average Bonchev–Trinajstić information content (AvgIpc) is 3.33. The molecule has 0 N–H and O–H groups in total. The van der Waals surface area contributed by atoms with Gasteiger partial charge in [0.25, 0.3) is 0 Å². The zero-order valence-corrected chi connectivity index (χ0v) is 44.7. The summed E-state index contributed by atoms with van der Waals surface area (Å²) in [5, 5.41) is 0. The number of hydrogen-bond acceptors (Lipinski definition) is 6. The third-order valence-electron chi connectivity index (χ3n) is 12.8. The lowest BCUT2D eigenvalue weighted by molar-refractivity contribution is -0.167. The van der Waals surface area contributed by atoms with Crippen molar-refractivity contribution in [3.8, 4) is 0 Å². The fraction of sp³-hybridized carbons (Fsp3) is 0.820. The van der Waals surface area contributed by atoms with Crippen LogP contribution < -0.4 is 0 Å². The Morgan fingerprint density at radius 2 is 0.582 bits per heavy atom. The minimum Gasteiger partial charge on any atom is -0.462 e. The quantitative estimate of drug-likeness (QED) is 0.0262. The van der Waals surface area contributed by atoms with E-state index in [0.717, 1.165) is 96.3 Å². The highest BCUT2D eigenvalue weighted by molar-refractivity contribution is 5.71. The van der Waals surface area contributed by atoms with E-state index in [9.17, 15) is 14.4 Å². The summed E-state index contributed by atoms with van der Waals surface area (Å²) >= 11 is 0. The molecule has 0 spiro atoms. The molecule has 0 bridgehead atoms. The minimum absolute atomic E-state index is 0.0780. The van der Waals surface area contributed by atoms with Crippen molar-refractivity contribution < 1.29 is 28.6 Å². The van der Waals surface area contributed by atoms with E-state index < -0.39 is 6.10 Å². The van der Waals surface area contributed by atoms with Crippen LogP contribution in [-0.2, 0) is 28.6 Å². The highest BCUT2D eigenvalue weighted by atomic mass is 16.6. The number of carbonyl (C=O) groups is 3. The largest absolute Gasteiger partial charge is 0.462 e. The molecule has 0 aliphatic rings. The van der Waals surface area contributed by atoms with Crippen molar-refractivity contribution in [2.45, 2.75) is 309 Å². The second kappa shape index (κ2) is 56.0. The Morgan fingerprint density at radius 3 is 0.925 bits per heavy atom. The van der Waals surface area contributed by atoms with Crippen LogP contribution >= 0.6 is 0 Å². The van der Waals surface area contributed by atoms with E-state index in [2.05, 4.69) is 69.4 Å². The second-order valence-electron chi connectivity index (χ2n) is 19.5. The fourth-order valence-electron chi connectivity index (χ4n) is 8.45. The van der Waals surface area contributed by atoms with Gasteiger partial charge >= 0.3 is 17.9 Å². The molecule has 6 nitrogen and oxygen atoms in total. The van der Waals surface area contributed by atoms with Gasteiger partial charge < -0.3 is 14.2 Å². The lowest BCUT2D eigenvalue weighted by atomic mass is 10.0. The molecular weight excluding hydrogens is 829 g/mol. The van der Waals surface area contributed by atoms with Crippen LogP contribution in [-0.4, -0.2) is 37.2 Å². The fourth-order valence-corrected chi connectivity index (χ4v) is 8.45. The van der Waals surface area contributed by atoms with Crippen LogP contribution in [0.1, 0.15) is 303 Å². The van der Waals surface area contributed by atoms with Crippen molar-refractivity contribution in [3.05, 3.63) is 48.6 Å². The summed E-state index contributed by atoms with van der Waals surface area (Å²) in [5.41, 5.74) is 0. The van der Waals surface area contributed by atoms with Gasteiger partial charge in [-0.1, -0.05) is 256 Å². The maximum absolute atomic E-state index is 12.9. The van der Waals surface area contributed by atoms with E-state index in [1.165, 1.54) is 167 Å². The first-order chi connectivity index (χ1) is 33.0. The highest BCUT2D eigenvalue weighted by Gasteiger charge is 2.19. The van der Waals surface area contributed by atoms with Gasteiger partial charge in [0.05, 0.1) is 0 Å². The van der Waals surface area contributed by atoms with Gasteiger partial charge in [-0.2, -0.15) is 0 Å². The molecule has 0 fully saturated rings. The molecule has 0 aromatic carbocycles. The van der Waals surface area contributed by atoms with Gasteiger partial charge in [0.2, 0.25) is 0 Å². The number of esters is 3. The molecule has 0 unspecified atom stereocenters. The SMILES string of the molecule is CC/C=C\C/C=C\C/C=C\CCCCCCCC(=O)OC[C@H](COC(=O)CCCCCCCCC/C=C\CCCCCCCC)OC(=O)CCCCCCCCCCCCCCCCCCC. The Balaban J connectivity index is 4.37. The molecule has 1 atom stereocenters. The number of rotatable bonds is 53. The summed E-state index contributed by atoms with van der Waals surface area (Å²) < 4.78 is 16.9. The van der Waals surface area contributed by atoms with Crippen molar-refractivity contribution in [2.75, 3.05) is 13.2 Å². The predicted octanol–water partition coefficient (Wildman–Crippen LogP) is 19.4. The molecule has 0 aliphatic carbocycles. The van der Waals surface area contributed by atoms with E-state index in [1.807, 2.05) is 0 Å². The third kappa shape index (κ3) is 54.2. The Kier molecular flexibility index (Phi) is 53.8. The second-order valence-corrected chi connectivity index (χ2v) is 19.5. The number of unbranched alkanes of at least 4 members (excludes halogenated alkanes) is 34. The molecule has 0 rings (SSSR count). The molecule has 0 amide bonds. The zero-order chi connectivity index (χ0) is 48.6. The molecule has 0 aliphatic heterocycles. The van der Waals surface area contributed by atoms with Gasteiger partial charge in [0, 0.05) is 19.3 Å². The summed E-state index contributed by atoms with van der Waals surface area (Å²) in [4.78, 5) is 38.2. The number of allylic oxidation sites excluding steroid dienone is 8. The van der Waals surface area contributed by atoms with Gasteiger partial charge in [-0.05, 0) is 77.0 Å². The maximum atomic E-state index is 12.9. The summed E-state index contributed by atoms with van der Waals surface area (Å²) in [6.07, 6.45) is 68.1. The Morgan fingerprint density at radius 1 is 0.313 bits per heavy atom. The highest BCUT2D eigenvalue weighted by Crippen LogP contribution is 2.16. The first-order valence-corrected chi connectivity index (χ1v) is 29.1. The summed E-state index contributed by atoms with van der Waals surface area (Å²) in [7, 11) is 0. The standard InChI is InChI=1S/C61H110O6/c1-4-7-10-13-16-19-22-25-28-30-33-36-39-42-45-48-51-54-60(63)66-57-58(56-65-59(62)53-50-47-44-41-38-35-32-27-24-21-18-15-12-9-6-3)67-61(64)55-52-49-46-43-40-37-34-31-29-26-23-20-17-14-11-8-5-2/h9,12,18,21,25,27-28,32,58H,4-8,10-11,13-17,19-20,22-24,26,29-31,33-57H2,1-3H3/b12-9-,21-18-,28-25-,32-27-/t58-/m1/s1. The molecule has 67 heavy (non-hydrogen) atoms. The molecule has 0 radical (unpaired) electrons. The molecule has 0 aromatic heterocycles. The van der Waals surface area contributed by atoms with Crippen LogP contribution in [0.4, 0.5) is 0 Å². The van der Waals surface area contributed by atoms with E-state index in [0.29, 0.717) is 19.3 Å². The molecule has 0 saturated heterocycles. The normalized spacial score (nSPS) is 12.3. The lowest BCUT2D eigenvalue weighted by Crippen LogP contribution is -2.30. The van der Waals surface area contributed by atoms with E-state index >= 15 is 0 Å². The van der Waals surface area contributed by atoms with Crippen molar-refractivity contribution >= 4 is 17.9 Å². The zero-order valence-electron chi connectivity index (χ0n) is 44.7. The first-order valence-electron chi connectivity index (χ1n) is 29.1. The van der Waals surface area contributed by atoms with Gasteiger partial charge in [-0.15, -0.1) is 0 Å². The minimum atomic E-state index is -0.780. The van der Waals surface area contributed by atoms with Crippen LogP contribution in [0.15, 0.2) is 48.6 Å². The topological polar surface area (TPSA) is 78.9 Å². The molecule has 6 heteroatoms. The lowest BCUT2D eigenvalue weighted by Gasteiger charge is -2.18. The predicted molar refractivity (Wildman–Crippen MR) is 289 cm³/mol. The summed E-state index contributed by atoms with van der Waals surface area (Å²) in [6, 6.07) is 0. The van der Waals surface area contributed by atoms with Crippen molar-refractivity contribution in [1.29, 1.82) is 0 Å². The van der Waals surface area contributed by atoms with Gasteiger partial charge in [-0.3, -0.25) is 14.4 Å². The molecular formula is C61H110O6. The van der Waals surface area contributed by atoms with E-state index in [1.54, 1.807) is 0 Å². The van der Waals surface area contributed by atoms with Crippen LogP contribution in [0.5, 0.6) is 0 Å². The van der Waals surface area contributed by atoms with Crippen LogP contribution in [0.2, 0.25) is 0 Å². The molecule has 0 heterocycles. The average molecular weight is 940 g/mol. The van der Waals surface area contributed by atoms with Crippen LogP contribution in [0.3, 0.4) is 0 Å². The maximum Gasteiger partial charge on any atom is 0.306 e. The summed E-state index contributed by atoms with van der Waals surface area (Å²) in [6.45, 7) is 6.55. The monoisotopic (exact) mass is 939 g/mol. The van der Waals surface area contributed by atoms with Crippen molar-refractivity contribution in [2.24, 2.45) is 0 Å². The Bertz CT molecular complexity index is 1170. The smallest absolute Gasteiger partial charge is 0.306 e. The molecule has 390 valence electrons. The van der Waals surface area contributed by atoms with Crippen LogP contribution in [0, 0.1) is 0 Å². The first kappa shape index (κ1) is 64.4. The van der Waals surface area contributed by atoms with E-state index in [-0.39, 0.29) is 31.1 Å².